The van der Waals surface area contributed by atoms with Gasteiger partial charge in [-0.25, -0.2) is 0 Å². The molecule has 3 N–H and O–H groups in total. The monoisotopic (exact) mass is 508 g/mol. The molecule has 0 fully saturated rings. The Bertz CT molecular complexity index is 1170. The number of likely N-dealkylation sites (N-methyl/N-ethyl adjacent to an activating group) is 1. The van der Waals surface area contributed by atoms with Crippen molar-refractivity contribution >= 4 is 23.4 Å². The number of para-hydroxylation sites is 1. The van der Waals surface area contributed by atoms with E-state index in [1.165, 1.54) is 11.8 Å². The first-order valence-corrected chi connectivity index (χ1v) is 12.8. The molecule has 7 nitrogen and oxygen atoms in total. The van der Waals surface area contributed by atoms with Crippen LogP contribution in [0.1, 0.15) is 28.2 Å². The van der Waals surface area contributed by atoms with Gasteiger partial charge in [-0.2, -0.15) is 0 Å². The third-order valence-corrected chi connectivity index (χ3v) is 7.84. The molecular weight excluding hydrogens is 476 g/mol. The summed E-state index contributed by atoms with van der Waals surface area (Å²) < 4.78 is 5.25. The zero-order chi connectivity index (χ0) is 25.7. The minimum atomic E-state index is -1.50. The van der Waals surface area contributed by atoms with Crippen LogP contribution in [-0.2, 0) is 11.2 Å². The number of amides is 1. The Hall–Kier alpha value is -2.88. The van der Waals surface area contributed by atoms with E-state index >= 15 is 0 Å². The van der Waals surface area contributed by atoms with E-state index in [2.05, 4.69) is 4.90 Å². The lowest BCUT2D eigenvalue weighted by atomic mass is 10.0. The van der Waals surface area contributed by atoms with Crippen molar-refractivity contribution in [3.8, 4) is 5.75 Å². The number of aliphatic hydroxyl groups excluding tert-OH is 2. The van der Waals surface area contributed by atoms with E-state index in [9.17, 15) is 20.1 Å². The molecule has 2 atom stereocenters. The maximum absolute atomic E-state index is 13.5. The van der Waals surface area contributed by atoms with Crippen LogP contribution in [0, 0.1) is 0 Å². The molecule has 1 aliphatic rings. The summed E-state index contributed by atoms with van der Waals surface area (Å²) in [6.45, 7) is 1.69. The van der Waals surface area contributed by atoms with Gasteiger partial charge in [0.15, 0.2) is 6.29 Å². The number of rotatable bonds is 9. The molecule has 1 heterocycles. The molecule has 0 spiro atoms. The van der Waals surface area contributed by atoms with Gasteiger partial charge in [-0.3, -0.25) is 4.79 Å². The Morgan fingerprint density at radius 3 is 2.42 bits per heavy atom. The van der Waals surface area contributed by atoms with Gasteiger partial charge in [-0.15, -0.1) is 11.8 Å². The lowest BCUT2D eigenvalue weighted by Crippen LogP contribution is -2.44. The fraction of sp³-hybridized carbons (Fsp3) is 0.321. The van der Waals surface area contributed by atoms with Crippen LogP contribution in [0.25, 0.3) is 0 Å². The fourth-order valence-corrected chi connectivity index (χ4v) is 5.64. The topological polar surface area (TPSA) is 93.5 Å². The minimum absolute atomic E-state index is 0.324. The number of fused-ring (bicyclic) bond motifs is 1. The van der Waals surface area contributed by atoms with Gasteiger partial charge < -0.3 is 29.9 Å². The van der Waals surface area contributed by atoms with Crippen LogP contribution in [0.2, 0.25) is 0 Å². The van der Waals surface area contributed by atoms with Gasteiger partial charge in [-0.1, -0.05) is 48.5 Å². The summed E-state index contributed by atoms with van der Waals surface area (Å²) in [7, 11) is 3.57. The summed E-state index contributed by atoms with van der Waals surface area (Å²) in [6.07, 6.45) is -2.05. The number of hydrogen-bond donors (Lipinski definition) is 3. The second kappa shape index (κ2) is 11.9. The first-order valence-electron chi connectivity index (χ1n) is 11.9. The predicted octanol–water partition coefficient (Wildman–Crippen LogP) is 3.39. The quantitative estimate of drug-likeness (QED) is 0.382. The van der Waals surface area contributed by atoms with Crippen LogP contribution in [0.4, 0.5) is 5.69 Å². The highest BCUT2D eigenvalue weighted by Crippen LogP contribution is 2.45. The Morgan fingerprint density at radius 2 is 1.69 bits per heavy atom. The van der Waals surface area contributed by atoms with Gasteiger partial charge in [0.1, 0.15) is 11.9 Å². The highest BCUT2D eigenvalue weighted by atomic mass is 32.2. The Labute approximate surface area is 215 Å². The van der Waals surface area contributed by atoms with E-state index in [4.69, 9.17) is 4.74 Å². The number of aliphatic hydroxyl groups is 3. The van der Waals surface area contributed by atoms with Gasteiger partial charge in [0.2, 0.25) is 0 Å². The SMILES string of the molecule is COc1ccc(C2Sc3ccccc3N(CCN(C)CCc3ccccc3C(O)O)C(=O)C2O)cc1. The zero-order valence-electron chi connectivity index (χ0n) is 20.4. The number of nitrogens with zero attached hydrogens (tertiary/aromatic N) is 2. The summed E-state index contributed by atoms with van der Waals surface area (Å²) in [4.78, 5) is 18.2. The molecule has 0 bridgehead atoms. The van der Waals surface area contributed by atoms with E-state index in [-0.39, 0.29) is 5.91 Å². The first kappa shape index (κ1) is 26.2. The molecular formula is C28H32N2O5S. The number of hydrogen-bond acceptors (Lipinski definition) is 7. The molecule has 0 radical (unpaired) electrons. The zero-order valence-corrected chi connectivity index (χ0v) is 21.3. The number of ether oxygens (including phenoxy) is 1. The summed E-state index contributed by atoms with van der Waals surface area (Å²) >= 11 is 1.49. The van der Waals surface area contributed by atoms with Crippen molar-refractivity contribution in [2.45, 2.75) is 29.0 Å². The van der Waals surface area contributed by atoms with Crippen LogP contribution in [-0.4, -0.2) is 66.0 Å². The average molecular weight is 509 g/mol. The van der Waals surface area contributed by atoms with Crippen LogP contribution < -0.4 is 9.64 Å². The Kier molecular flexibility index (Phi) is 8.66. The van der Waals surface area contributed by atoms with E-state index in [0.717, 1.165) is 27.5 Å². The number of thioether (sulfide) groups is 1. The van der Waals surface area contributed by atoms with E-state index < -0.39 is 17.6 Å². The second-order valence-electron chi connectivity index (χ2n) is 8.84. The van der Waals surface area contributed by atoms with Gasteiger partial charge in [-0.05, 0) is 48.9 Å². The van der Waals surface area contributed by atoms with Gasteiger partial charge in [0.05, 0.1) is 18.0 Å². The van der Waals surface area contributed by atoms with Crippen LogP contribution in [0.5, 0.6) is 5.75 Å². The maximum Gasteiger partial charge on any atom is 0.257 e. The Balaban J connectivity index is 1.47. The molecule has 0 aromatic heterocycles. The largest absolute Gasteiger partial charge is 0.497 e. The van der Waals surface area contributed by atoms with Gasteiger partial charge in [0, 0.05) is 30.1 Å². The van der Waals surface area contributed by atoms with Gasteiger partial charge in [0.25, 0.3) is 5.91 Å². The molecule has 36 heavy (non-hydrogen) atoms. The van der Waals surface area contributed by atoms with E-state index in [0.29, 0.717) is 31.6 Å². The van der Waals surface area contributed by atoms with Crippen molar-refractivity contribution in [3.05, 3.63) is 89.5 Å². The van der Waals surface area contributed by atoms with Crippen molar-refractivity contribution in [3.63, 3.8) is 0 Å². The number of carbonyl (C=O) groups is 1. The van der Waals surface area contributed by atoms with E-state index in [1.54, 1.807) is 24.1 Å². The number of benzene rings is 3. The average Bonchev–Trinajstić information content (AvgIpc) is 3.00. The summed E-state index contributed by atoms with van der Waals surface area (Å²) in [5.74, 6) is 0.398. The lowest BCUT2D eigenvalue weighted by molar-refractivity contribution is -0.126. The standard InChI is InChI=1S/C28H32N2O5S/c1-29(16-15-19-7-3-4-8-22(19)28(33)34)17-18-30-23-9-5-6-10-24(23)36-26(25(31)27(30)32)20-11-13-21(35-2)14-12-20/h3-14,25-26,28,31,33-34H,15-18H2,1-2H3. The molecule has 2 unspecified atom stereocenters. The molecule has 0 saturated carbocycles. The highest BCUT2D eigenvalue weighted by Gasteiger charge is 2.37. The van der Waals surface area contributed by atoms with Crippen molar-refractivity contribution in [1.82, 2.24) is 4.90 Å². The molecule has 190 valence electrons. The number of anilines is 1. The number of carbonyl (C=O) groups excluding carboxylic acids is 1. The fourth-order valence-electron chi connectivity index (χ4n) is 4.37. The summed E-state index contributed by atoms with van der Waals surface area (Å²) in [6, 6.07) is 22.5. The minimum Gasteiger partial charge on any atom is -0.497 e. The summed E-state index contributed by atoms with van der Waals surface area (Å²) in [5, 5.41) is 29.9. The molecule has 3 aromatic carbocycles. The number of methoxy groups -OCH3 is 1. The smallest absolute Gasteiger partial charge is 0.257 e. The molecule has 8 heteroatoms. The molecule has 4 rings (SSSR count). The van der Waals surface area contributed by atoms with Crippen molar-refractivity contribution in [2.75, 3.05) is 38.7 Å². The maximum atomic E-state index is 13.5. The first-order chi connectivity index (χ1) is 17.4. The third-order valence-electron chi connectivity index (χ3n) is 6.46. The molecule has 0 saturated heterocycles. The highest BCUT2D eigenvalue weighted by molar-refractivity contribution is 7.99. The molecule has 3 aromatic rings. The van der Waals surface area contributed by atoms with Crippen molar-refractivity contribution < 1.29 is 24.9 Å². The normalized spacial score (nSPS) is 17.9. The summed E-state index contributed by atoms with van der Waals surface area (Å²) in [5.41, 5.74) is 3.04. The molecule has 0 aliphatic carbocycles. The van der Waals surface area contributed by atoms with Crippen molar-refractivity contribution in [1.29, 1.82) is 0 Å². The van der Waals surface area contributed by atoms with Crippen LogP contribution in [0.3, 0.4) is 0 Å². The van der Waals surface area contributed by atoms with E-state index in [1.807, 2.05) is 67.7 Å². The molecule has 1 amide bonds. The lowest BCUT2D eigenvalue weighted by Gasteiger charge is -2.27. The predicted molar refractivity (Wildman–Crippen MR) is 141 cm³/mol. The molecule has 1 aliphatic heterocycles. The van der Waals surface area contributed by atoms with Gasteiger partial charge >= 0.3 is 0 Å². The third kappa shape index (κ3) is 5.91. The Morgan fingerprint density at radius 1 is 1.00 bits per heavy atom. The second-order valence-corrected chi connectivity index (χ2v) is 10.0. The van der Waals surface area contributed by atoms with Crippen LogP contribution >= 0.6 is 11.8 Å². The van der Waals surface area contributed by atoms with Crippen LogP contribution in [0.15, 0.2) is 77.7 Å². The van der Waals surface area contributed by atoms with Crippen molar-refractivity contribution in [2.24, 2.45) is 0 Å².